The van der Waals surface area contributed by atoms with E-state index in [2.05, 4.69) is 17.1 Å². The van der Waals surface area contributed by atoms with Crippen LogP contribution >= 0.6 is 0 Å². The van der Waals surface area contributed by atoms with Gasteiger partial charge < -0.3 is 10.2 Å². The van der Waals surface area contributed by atoms with Crippen LogP contribution < -0.4 is 5.32 Å². The van der Waals surface area contributed by atoms with Crippen molar-refractivity contribution in [2.24, 2.45) is 5.92 Å². The van der Waals surface area contributed by atoms with Crippen LogP contribution in [-0.2, 0) is 0 Å². The predicted octanol–water partition coefficient (Wildman–Crippen LogP) is 1.08. The number of fused-ring (bicyclic) bond motifs is 1. The number of hydrogen-bond donors (Lipinski definition) is 1. The molecule has 2 nitrogen and oxygen atoms in total. The van der Waals surface area contributed by atoms with Crippen LogP contribution in [0.5, 0.6) is 0 Å². The summed E-state index contributed by atoms with van der Waals surface area (Å²) in [6, 6.07) is 0.849. The molecule has 2 rings (SSSR count). The Morgan fingerprint density at radius 3 is 3.17 bits per heavy atom. The smallest absolute Gasteiger partial charge is 0.0120 e. The fourth-order valence-corrected chi connectivity index (χ4v) is 2.61. The summed E-state index contributed by atoms with van der Waals surface area (Å²) in [4.78, 5) is 2.59. The lowest BCUT2D eigenvalue weighted by Crippen LogP contribution is -2.51. The first-order valence-electron chi connectivity index (χ1n) is 5.36. The molecular weight excluding hydrogens is 148 g/mol. The normalized spacial score (nSPS) is 37.8. The Labute approximate surface area is 75.3 Å². The Morgan fingerprint density at radius 2 is 2.33 bits per heavy atom. The van der Waals surface area contributed by atoms with E-state index < -0.39 is 0 Å². The average molecular weight is 168 g/mol. The first kappa shape index (κ1) is 8.52. The van der Waals surface area contributed by atoms with Crippen molar-refractivity contribution >= 4 is 0 Å². The standard InChI is InChI=1S/C10H20N2/c1-2-12-7-5-10-9(8-12)4-3-6-11-10/h9-11H,2-8H2,1H3/t9-,10+/m0/s1. The molecule has 2 fully saturated rings. The van der Waals surface area contributed by atoms with Gasteiger partial charge in [0.1, 0.15) is 0 Å². The summed E-state index contributed by atoms with van der Waals surface area (Å²) in [5.41, 5.74) is 0. The third kappa shape index (κ3) is 1.64. The van der Waals surface area contributed by atoms with Gasteiger partial charge in [-0.25, -0.2) is 0 Å². The second-order valence-corrected chi connectivity index (χ2v) is 4.14. The molecule has 0 unspecified atom stereocenters. The number of rotatable bonds is 1. The second-order valence-electron chi connectivity index (χ2n) is 4.14. The first-order chi connectivity index (χ1) is 5.90. The predicted molar refractivity (Wildman–Crippen MR) is 51.2 cm³/mol. The topological polar surface area (TPSA) is 15.3 Å². The molecule has 2 atom stereocenters. The lowest BCUT2D eigenvalue weighted by atomic mass is 9.85. The molecule has 0 amide bonds. The van der Waals surface area contributed by atoms with Gasteiger partial charge in [0.25, 0.3) is 0 Å². The number of nitrogens with one attached hydrogen (secondary N) is 1. The van der Waals surface area contributed by atoms with Crippen molar-refractivity contribution in [1.29, 1.82) is 0 Å². The molecule has 2 aliphatic heterocycles. The fraction of sp³-hybridized carbons (Fsp3) is 1.00. The molecule has 2 aliphatic rings. The van der Waals surface area contributed by atoms with E-state index in [4.69, 9.17) is 0 Å². The van der Waals surface area contributed by atoms with Crippen LogP contribution in [0.1, 0.15) is 26.2 Å². The van der Waals surface area contributed by atoms with Crippen molar-refractivity contribution < 1.29 is 0 Å². The van der Waals surface area contributed by atoms with E-state index in [1.807, 2.05) is 0 Å². The summed E-state index contributed by atoms with van der Waals surface area (Å²) < 4.78 is 0. The van der Waals surface area contributed by atoms with Crippen molar-refractivity contribution in [1.82, 2.24) is 10.2 Å². The molecule has 0 aromatic heterocycles. The van der Waals surface area contributed by atoms with E-state index in [0.717, 1.165) is 12.0 Å². The van der Waals surface area contributed by atoms with Gasteiger partial charge in [-0.2, -0.15) is 0 Å². The van der Waals surface area contributed by atoms with Crippen LogP contribution in [0.4, 0.5) is 0 Å². The summed E-state index contributed by atoms with van der Waals surface area (Å²) in [5.74, 6) is 0.951. The van der Waals surface area contributed by atoms with Gasteiger partial charge in [-0.1, -0.05) is 6.92 Å². The summed E-state index contributed by atoms with van der Waals surface area (Å²) in [6.07, 6.45) is 4.21. The second kappa shape index (κ2) is 3.75. The SMILES string of the molecule is CCN1CC[C@H]2NCCC[C@H]2C1. The number of piperidine rings is 2. The van der Waals surface area contributed by atoms with Crippen molar-refractivity contribution in [2.75, 3.05) is 26.2 Å². The maximum atomic E-state index is 3.64. The largest absolute Gasteiger partial charge is 0.314 e. The van der Waals surface area contributed by atoms with E-state index in [1.54, 1.807) is 0 Å². The zero-order valence-corrected chi connectivity index (χ0v) is 8.05. The minimum atomic E-state index is 0.849. The minimum absolute atomic E-state index is 0.849. The van der Waals surface area contributed by atoms with Crippen LogP contribution in [0, 0.1) is 5.92 Å². The zero-order valence-electron chi connectivity index (χ0n) is 8.05. The Balaban J connectivity index is 1.90. The number of nitrogens with zero attached hydrogens (tertiary/aromatic N) is 1. The van der Waals surface area contributed by atoms with Gasteiger partial charge in [-0.15, -0.1) is 0 Å². The van der Waals surface area contributed by atoms with E-state index in [-0.39, 0.29) is 0 Å². The highest BCUT2D eigenvalue weighted by molar-refractivity contribution is 4.87. The molecular formula is C10H20N2. The molecule has 0 aliphatic carbocycles. The minimum Gasteiger partial charge on any atom is -0.314 e. The summed E-state index contributed by atoms with van der Waals surface area (Å²) in [6.45, 7) is 7.42. The van der Waals surface area contributed by atoms with Gasteiger partial charge in [0.2, 0.25) is 0 Å². The maximum absolute atomic E-state index is 3.64. The highest BCUT2D eigenvalue weighted by atomic mass is 15.1. The van der Waals surface area contributed by atoms with Gasteiger partial charge in [-0.05, 0) is 44.8 Å². The summed E-state index contributed by atoms with van der Waals surface area (Å²) in [5, 5.41) is 3.64. The van der Waals surface area contributed by atoms with E-state index in [1.165, 1.54) is 45.4 Å². The molecule has 0 radical (unpaired) electrons. The highest BCUT2D eigenvalue weighted by Crippen LogP contribution is 2.24. The van der Waals surface area contributed by atoms with Crippen LogP contribution in [0.25, 0.3) is 0 Å². The van der Waals surface area contributed by atoms with Gasteiger partial charge in [-0.3, -0.25) is 0 Å². The molecule has 2 heterocycles. The lowest BCUT2D eigenvalue weighted by molar-refractivity contribution is 0.119. The molecule has 70 valence electrons. The van der Waals surface area contributed by atoms with E-state index in [0.29, 0.717) is 0 Å². The fourth-order valence-electron chi connectivity index (χ4n) is 2.61. The molecule has 0 aromatic rings. The van der Waals surface area contributed by atoms with Crippen molar-refractivity contribution in [3.63, 3.8) is 0 Å². The summed E-state index contributed by atoms with van der Waals surface area (Å²) >= 11 is 0. The zero-order chi connectivity index (χ0) is 8.39. The third-order valence-corrected chi connectivity index (χ3v) is 3.42. The maximum Gasteiger partial charge on any atom is 0.0120 e. The number of hydrogen-bond acceptors (Lipinski definition) is 2. The van der Waals surface area contributed by atoms with Gasteiger partial charge in [0, 0.05) is 12.6 Å². The van der Waals surface area contributed by atoms with Gasteiger partial charge in [0.15, 0.2) is 0 Å². The van der Waals surface area contributed by atoms with Crippen LogP contribution in [-0.4, -0.2) is 37.1 Å². The Hall–Kier alpha value is -0.0800. The van der Waals surface area contributed by atoms with E-state index >= 15 is 0 Å². The number of likely N-dealkylation sites (tertiary alicyclic amines) is 1. The molecule has 0 aromatic carbocycles. The van der Waals surface area contributed by atoms with E-state index in [9.17, 15) is 0 Å². The lowest BCUT2D eigenvalue weighted by Gasteiger charge is -2.41. The molecule has 0 saturated carbocycles. The molecule has 1 N–H and O–H groups in total. The average Bonchev–Trinajstić information content (AvgIpc) is 2.17. The Morgan fingerprint density at radius 1 is 1.42 bits per heavy atom. The molecule has 2 saturated heterocycles. The Kier molecular flexibility index (Phi) is 2.66. The van der Waals surface area contributed by atoms with Crippen LogP contribution in [0.15, 0.2) is 0 Å². The van der Waals surface area contributed by atoms with Gasteiger partial charge >= 0.3 is 0 Å². The molecule has 12 heavy (non-hydrogen) atoms. The quantitative estimate of drug-likeness (QED) is 0.630. The van der Waals surface area contributed by atoms with Crippen molar-refractivity contribution in [2.45, 2.75) is 32.2 Å². The first-order valence-corrected chi connectivity index (χ1v) is 5.36. The molecule has 0 spiro atoms. The van der Waals surface area contributed by atoms with Crippen molar-refractivity contribution in [3.8, 4) is 0 Å². The van der Waals surface area contributed by atoms with Crippen molar-refractivity contribution in [3.05, 3.63) is 0 Å². The molecule has 0 bridgehead atoms. The third-order valence-electron chi connectivity index (χ3n) is 3.42. The van der Waals surface area contributed by atoms with Gasteiger partial charge in [0.05, 0.1) is 0 Å². The Bertz CT molecular complexity index is 147. The summed E-state index contributed by atoms with van der Waals surface area (Å²) in [7, 11) is 0. The van der Waals surface area contributed by atoms with Crippen LogP contribution in [0.2, 0.25) is 0 Å². The monoisotopic (exact) mass is 168 g/mol. The van der Waals surface area contributed by atoms with Crippen LogP contribution in [0.3, 0.4) is 0 Å². The highest BCUT2D eigenvalue weighted by Gasteiger charge is 2.29. The molecule has 2 heteroatoms.